The highest BCUT2D eigenvalue weighted by Gasteiger charge is 2.69. The van der Waals surface area contributed by atoms with Gasteiger partial charge >= 0.3 is 0 Å². The van der Waals surface area contributed by atoms with Crippen LogP contribution in [0, 0.1) is 46.8 Å². The van der Waals surface area contributed by atoms with Crippen LogP contribution < -0.4 is 5.32 Å². The Balaban J connectivity index is 0.000000284. The molecule has 0 aliphatic heterocycles. The van der Waals surface area contributed by atoms with Crippen LogP contribution in [-0.4, -0.2) is 39.2 Å². The van der Waals surface area contributed by atoms with E-state index in [9.17, 15) is 10.2 Å². The number of aliphatic hydroxyl groups excluding tert-OH is 1. The van der Waals surface area contributed by atoms with Crippen molar-refractivity contribution in [2.24, 2.45) is 46.8 Å². The van der Waals surface area contributed by atoms with E-state index in [0.717, 1.165) is 49.0 Å². The van der Waals surface area contributed by atoms with Crippen LogP contribution in [0.5, 0.6) is 0 Å². The van der Waals surface area contributed by atoms with Crippen LogP contribution in [0.1, 0.15) is 144 Å². The average Bonchev–Trinajstić information content (AvgIpc) is 3.59. The van der Waals surface area contributed by atoms with E-state index < -0.39 is 11.2 Å². The predicted octanol–water partition coefficient (Wildman–Crippen LogP) is 9.36. The zero-order valence-corrected chi connectivity index (χ0v) is 29.7. The first-order chi connectivity index (χ1) is 20.8. The topological polar surface area (TPSA) is 72.7 Å². The van der Waals surface area contributed by atoms with E-state index in [1.807, 2.05) is 6.08 Å². The third kappa shape index (κ3) is 8.82. The highest BCUT2D eigenvalue weighted by atomic mass is 16.3. The van der Waals surface area contributed by atoms with E-state index in [1.54, 1.807) is 6.92 Å². The Labute approximate surface area is 272 Å². The number of hydrogen-bond donors (Lipinski definition) is 4. The first-order valence-corrected chi connectivity index (χ1v) is 18.6. The predicted molar refractivity (Wildman–Crippen MR) is 187 cm³/mol. The first kappa shape index (κ1) is 37.4. The van der Waals surface area contributed by atoms with Crippen molar-refractivity contribution in [1.29, 1.82) is 0 Å². The second-order valence-corrected chi connectivity index (χ2v) is 16.3. The smallest absolute Gasteiger partial charge is 0.0853 e. The van der Waals surface area contributed by atoms with Crippen LogP contribution in [0.25, 0.3) is 0 Å². The number of allylic oxidation sites excluding steroid dienone is 2. The Morgan fingerprint density at radius 2 is 1.61 bits per heavy atom. The van der Waals surface area contributed by atoms with Crippen molar-refractivity contribution in [3.05, 3.63) is 37.1 Å². The second-order valence-electron chi connectivity index (χ2n) is 16.3. The molecule has 0 aromatic heterocycles. The normalized spacial score (nSPS) is 30.3. The molecule has 0 radical (unpaired) electrons. The van der Waals surface area contributed by atoms with Gasteiger partial charge in [-0.25, -0.2) is 0 Å². The molecule has 4 fully saturated rings. The molecule has 254 valence electrons. The van der Waals surface area contributed by atoms with Crippen molar-refractivity contribution in [3.63, 3.8) is 0 Å². The molecular weight excluding hydrogens is 542 g/mol. The standard InChI is InChI=1S/C26H45NO.C14H26O2/c1-6-20-21(16-22-23(20)25(22,3)4)26(5,28)24(19-13-9-10-14-19)27-17(2)15-18-11-7-8-12-18;1-5-7-10-14(4,16)12(3)13(8-6-2)9-11-15/h18-24,27-28H,2,6-16H2,1,3-5H3;5,13,15-16H,1,3,6-11H2,2,4H3. The van der Waals surface area contributed by atoms with Crippen LogP contribution in [0.2, 0.25) is 0 Å². The molecule has 0 amide bonds. The summed E-state index contributed by atoms with van der Waals surface area (Å²) in [6.45, 7) is 25.6. The lowest BCUT2D eigenvalue weighted by Gasteiger charge is -2.46. The summed E-state index contributed by atoms with van der Waals surface area (Å²) in [5.74, 6) is 4.44. The molecule has 8 atom stereocenters. The van der Waals surface area contributed by atoms with Crippen molar-refractivity contribution in [3.8, 4) is 0 Å². The monoisotopic (exact) mass is 614 g/mol. The fourth-order valence-corrected chi connectivity index (χ4v) is 10.1. The number of aliphatic hydroxyl groups is 3. The van der Waals surface area contributed by atoms with Gasteiger partial charge in [0.25, 0.3) is 0 Å². The van der Waals surface area contributed by atoms with Gasteiger partial charge in [-0.1, -0.05) is 98.3 Å². The molecule has 0 spiro atoms. The average molecular weight is 614 g/mol. The van der Waals surface area contributed by atoms with Crippen LogP contribution in [0.15, 0.2) is 37.1 Å². The molecule has 4 aliphatic rings. The molecule has 44 heavy (non-hydrogen) atoms. The molecule has 4 nitrogen and oxygen atoms in total. The molecule has 4 saturated carbocycles. The Kier molecular flexibility index (Phi) is 13.7. The maximum Gasteiger partial charge on any atom is 0.0853 e. The number of hydrogen-bond acceptors (Lipinski definition) is 4. The van der Waals surface area contributed by atoms with Gasteiger partial charge < -0.3 is 20.6 Å². The fourth-order valence-electron chi connectivity index (χ4n) is 10.1. The van der Waals surface area contributed by atoms with E-state index in [2.05, 4.69) is 59.7 Å². The van der Waals surface area contributed by atoms with Gasteiger partial charge in [-0.2, -0.15) is 0 Å². The van der Waals surface area contributed by atoms with Gasteiger partial charge in [-0.05, 0) is 118 Å². The van der Waals surface area contributed by atoms with Gasteiger partial charge in [0.05, 0.1) is 17.2 Å². The van der Waals surface area contributed by atoms with Gasteiger partial charge in [0.1, 0.15) is 0 Å². The van der Waals surface area contributed by atoms with E-state index >= 15 is 0 Å². The van der Waals surface area contributed by atoms with Crippen molar-refractivity contribution >= 4 is 0 Å². The molecule has 8 unspecified atom stereocenters. The Hall–Kier alpha value is -1.10. The quantitative estimate of drug-likeness (QED) is 0.123. The molecule has 4 aliphatic carbocycles. The Morgan fingerprint density at radius 3 is 2.16 bits per heavy atom. The van der Waals surface area contributed by atoms with E-state index in [4.69, 9.17) is 5.11 Å². The Bertz CT molecular complexity index is 917. The Morgan fingerprint density at radius 1 is 1.00 bits per heavy atom. The summed E-state index contributed by atoms with van der Waals surface area (Å²) in [6, 6.07) is 0.184. The zero-order valence-electron chi connectivity index (χ0n) is 29.7. The highest BCUT2D eigenvalue weighted by Crippen LogP contribution is 2.72. The van der Waals surface area contributed by atoms with Gasteiger partial charge in [0.15, 0.2) is 0 Å². The summed E-state index contributed by atoms with van der Waals surface area (Å²) in [5.41, 5.74) is 1.09. The summed E-state index contributed by atoms with van der Waals surface area (Å²) >= 11 is 0. The SMILES string of the molecule is C=C(CC1CCCC1)NC(C1CCCC1)C(C)(O)C1CC2C(C1CC)C2(C)C.C=CCCC(C)(O)C(=C)C(CCC)CCO. The molecule has 4 heteroatoms. The summed E-state index contributed by atoms with van der Waals surface area (Å²) in [6.07, 6.45) is 20.2. The third-order valence-corrected chi connectivity index (χ3v) is 12.9. The minimum absolute atomic E-state index is 0.154. The second kappa shape index (κ2) is 16.1. The minimum atomic E-state index is -0.844. The zero-order chi connectivity index (χ0) is 32.7. The van der Waals surface area contributed by atoms with Crippen LogP contribution >= 0.6 is 0 Å². The largest absolute Gasteiger partial charge is 0.396 e. The number of rotatable bonds is 17. The number of fused-ring (bicyclic) bond motifs is 1. The highest BCUT2D eigenvalue weighted by molar-refractivity contribution is 5.19. The maximum absolute atomic E-state index is 12.1. The molecule has 4 N–H and O–H groups in total. The van der Waals surface area contributed by atoms with Gasteiger partial charge in [0, 0.05) is 12.3 Å². The molecule has 0 bridgehead atoms. The van der Waals surface area contributed by atoms with Crippen LogP contribution in [-0.2, 0) is 0 Å². The van der Waals surface area contributed by atoms with Crippen molar-refractivity contribution in [1.82, 2.24) is 5.32 Å². The molecule has 0 aromatic rings. The van der Waals surface area contributed by atoms with Gasteiger partial charge in [0.2, 0.25) is 0 Å². The molecule has 0 saturated heterocycles. The van der Waals surface area contributed by atoms with E-state index in [0.29, 0.717) is 36.0 Å². The number of nitrogens with one attached hydrogen (secondary N) is 1. The molecule has 0 aromatic carbocycles. The lowest BCUT2D eigenvalue weighted by atomic mass is 9.68. The van der Waals surface area contributed by atoms with Crippen molar-refractivity contribution in [2.75, 3.05) is 6.61 Å². The van der Waals surface area contributed by atoms with Gasteiger partial charge in [-0.3, -0.25) is 0 Å². The molecular formula is C40H71NO3. The summed E-state index contributed by atoms with van der Waals surface area (Å²) in [5, 5.41) is 35.2. The van der Waals surface area contributed by atoms with Crippen molar-refractivity contribution in [2.45, 2.75) is 162 Å². The van der Waals surface area contributed by atoms with Crippen molar-refractivity contribution < 1.29 is 15.3 Å². The molecule has 0 heterocycles. The minimum Gasteiger partial charge on any atom is -0.396 e. The maximum atomic E-state index is 12.1. The van der Waals surface area contributed by atoms with E-state index in [-0.39, 0.29) is 18.6 Å². The fraction of sp³-hybridized carbons (Fsp3) is 0.850. The lowest BCUT2D eigenvalue weighted by Crippen LogP contribution is -2.57. The molecule has 4 rings (SSSR count). The lowest BCUT2D eigenvalue weighted by molar-refractivity contribution is -0.0722. The summed E-state index contributed by atoms with van der Waals surface area (Å²) in [7, 11) is 0. The van der Waals surface area contributed by atoms with E-state index in [1.165, 1.54) is 69.9 Å². The first-order valence-electron chi connectivity index (χ1n) is 18.6. The van der Waals surface area contributed by atoms with Crippen LogP contribution in [0.3, 0.4) is 0 Å². The van der Waals surface area contributed by atoms with Gasteiger partial charge in [-0.15, -0.1) is 6.58 Å². The van der Waals surface area contributed by atoms with Crippen LogP contribution in [0.4, 0.5) is 0 Å². The third-order valence-electron chi connectivity index (χ3n) is 12.9. The summed E-state index contributed by atoms with van der Waals surface area (Å²) < 4.78 is 0. The summed E-state index contributed by atoms with van der Waals surface area (Å²) in [4.78, 5) is 0.